The average Bonchev–Trinajstić information content (AvgIpc) is 3.20. The summed E-state index contributed by atoms with van der Waals surface area (Å²) in [6.07, 6.45) is 2.01. The number of hydrogen-bond donors (Lipinski definition) is 1. The highest BCUT2D eigenvalue weighted by atomic mass is 35.5. The van der Waals surface area contributed by atoms with E-state index in [1.165, 1.54) is 19.2 Å². The highest BCUT2D eigenvalue weighted by Gasteiger charge is 2.76. The Kier molecular flexibility index (Phi) is 5.59. The minimum Gasteiger partial charge on any atom is -0.507 e. The van der Waals surface area contributed by atoms with Gasteiger partial charge in [0.25, 0.3) is 11.8 Å². The van der Waals surface area contributed by atoms with Crippen molar-refractivity contribution in [3.8, 4) is 5.75 Å². The van der Waals surface area contributed by atoms with Crippen molar-refractivity contribution < 1.29 is 28.7 Å². The Balaban J connectivity index is 1.60. The van der Waals surface area contributed by atoms with Crippen LogP contribution in [0.2, 0.25) is 0 Å². The molecule has 0 spiro atoms. The number of anilines is 1. The minimum atomic E-state index is -2.00. The molecular weight excluding hydrogens is 546 g/mol. The van der Waals surface area contributed by atoms with Crippen molar-refractivity contribution in [2.45, 2.75) is 42.4 Å². The number of likely N-dealkylation sites (tertiary alicyclic amines) is 1. The molecule has 2 heterocycles. The number of carbonyl (C=O) groups excluding carboxylic acids is 4. The summed E-state index contributed by atoms with van der Waals surface area (Å²) >= 11 is 14.6. The first-order valence-corrected chi connectivity index (χ1v) is 13.4. The minimum absolute atomic E-state index is 0.0875. The van der Waals surface area contributed by atoms with Crippen molar-refractivity contribution in [2.75, 3.05) is 11.9 Å². The first kappa shape index (κ1) is 26.0. The Labute approximate surface area is 234 Å². The van der Waals surface area contributed by atoms with Crippen molar-refractivity contribution in [1.82, 2.24) is 4.90 Å². The molecule has 39 heavy (non-hydrogen) atoms. The smallest absolute Gasteiger partial charge is 0.258 e. The highest BCUT2D eigenvalue weighted by molar-refractivity contribution is 6.58. The quantitative estimate of drug-likeness (QED) is 0.329. The molecule has 10 heteroatoms. The van der Waals surface area contributed by atoms with Gasteiger partial charge < -0.3 is 5.11 Å². The van der Waals surface area contributed by atoms with Gasteiger partial charge in [-0.25, -0.2) is 9.29 Å². The third-order valence-electron chi connectivity index (χ3n) is 8.96. The van der Waals surface area contributed by atoms with Gasteiger partial charge in [-0.2, -0.15) is 0 Å². The number of benzene rings is 2. The van der Waals surface area contributed by atoms with Crippen LogP contribution in [0.15, 0.2) is 48.0 Å². The van der Waals surface area contributed by atoms with Gasteiger partial charge in [0, 0.05) is 13.0 Å². The number of alkyl halides is 2. The van der Waals surface area contributed by atoms with Gasteiger partial charge in [0.15, 0.2) is 9.75 Å². The number of halogens is 3. The predicted octanol–water partition coefficient (Wildman–Crippen LogP) is 4.34. The van der Waals surface area contributed by atoms with Crippen LogP contribution in [0, 0.1) is 37.4 Å². The zero-order chi connectivity index (χ0) is 28.2. The monoisotopic (exact) mass is 570 g/mol. The molecule has 4 aliphatic rings. The van der Waals surface area contributed by atoms with Gasteiger partial charge in [0.1, 0.15) is 11.6 Å². The summed E-state index contributed by atoms with van der Waals surface area (Å²) in [4.78, 5) is 52.6. The maximum absolute atomic E-state index is 14.2. The molecule has 0 bridgehead atoms. The fraction of sp³-hybridized carbons (Fsp3) is 0.379. The molecule has 0 radical (unpaired) electrons. The molecule has 3 fully saturated rings. The summed E-state index contributed by atoms with van der Waals surface area (Å²) in [6.45, 7) is 3.43. The Morgan fingerprint density at radius 3 is 2.18 bits per heavy atom. The van der Waals surface area contributed by atoms with E-state index in [1.807, 2.05) is 6.08 Å². The van der Waals surface area contributed by atoms with Crippen LogP contribution >= 0.6 is 23.2 Å². The topological polar surface area (TPSA) is 95.0 Å². The lowest BCUT2D eigenvalue weighted by molar-refractivity contribution is -0.138. The van der Waals surface area contributed by atoms with Crippen LogP contribution in [-0.4, -0.2) is 50.4 Å². The van der Waals surface area contributed by atoms with Crippen molar-refractivity contribution in [3.05, 3.63) is 70.6 Å². The number of carbonyl (C=O) groups is 4. The lowest BCUT2D eigenvalue weighted by atomic mass is 9.56. The van der Waals surface area contributed by atoms with Crippen LogP contribution in [0.25, 0.3) is 0 Å². The SMILES string of the molecule is Cc1cc([C@H]2C3=CC[C@@H]4C(=O)N(C)C(=O)[C@@H]4[C@@H]3C[C@@]3(Cl)C(=O)N(c4ccc(F)cc4)C(=O)[C@@]23Cl)cc(C)c1O. The van der Waals surface area contributed by atoms with E-state index in [1.54, 1.807) is 26.0 Å². The zero-order valence-corrected chi connectivity index (χ0v) is 22.9. The van der Waals surface area contributed by atoms with Crippen molar-refractivity contribution in [1.29, 1.82) is 0 Å². The van der Waals surface area contributed by atoms with Gasteiger partial charge in [-0.1, -0.05) is 23.8 Å². The first-order chi connectivity index (χ1) is 18.3. The lowest BCUT2D eigenvalue weighted by Crippen LogP contribution is -2.60. The maximum atomic E-state index is 14.2. The molecule has 1 saturated carbocycles. The van der Waals surface area contributed by atoms with Crippen LogP contribution in [0.3, 0.4) is 0 Å². The maximum Gasteiger partial charge on any atom is 0.258 e. The van der Waals surface area contributed by atoms with Crippen LogP contribution in [0.4, 0.5) is 10.1 Å². The highest BCUT2D eigenvalue weighted by Crippen LogP contribution is 2.65. The Morgan fingerprint density at radius 1 is 0.949 bits per heavy atom. The fourth-order valence-electron chi connectivity index (χ4n) is 7.09. The normalized spacial score (nSPS) is 33.7. The van der Waals surface area contributed by atoms with Gasteiger partial charge in [0.2, 0.25) is 11.8 Å². The molecule has 0 unspecified atom stereocenters. The molecule has 2 aromatic rings. The molecule has 2 aliphatic carbocycles. The largest absolute Gasteiger partial charge is 0.507 e. The number of phenolic OH excluding ortho intramolecular Hbond substituents is 1. The molecule has 2 saturated heterocycles. The number of hydrogen-bond acceptors (Lipinski definition) is 5. The molecule has 6 rings (SSSR count). The zero-order valence-electron chi connectivity index (χ0n) is 21.4. The van der Waals surface area contributed by atoms with Gasteiger partial charge in [-0.15, -0.1) is 23.2 Å². The second kappa shape index (κ2) is 8.38. The molecule has 202 valence electrons. The molecule has 1 N–H and O–H groups in total. The van der Waals surface area contributed by atoms with Gasteiger partial charge in [0.05, 0.1) is 17.5 Å². The molecule has 6 atom stereocenters. The summed E-state index contributed by atoms with van der Waals surface area (Å²) in [5, 5.41) is 10.5. The van der Waals surface area contributed by atoms with Crippen molar-refractivity contribution in [3.63, 3.8) is 0 Å². The van der Waals surface area contributed by atoms with E-state index < -0.39 is 51.1 Å². The molecular formula is C29H25Cl2FN2O5. The van der Waals surface area contributed by atoms with Crippen molar-refractivity contribution in [2.24, 2.45) is 17.8 Å². The van der Waals surface area contributed by atoms with Crippen LogP contribution in [0.1, 0.15) is 35.4 Å². The van der Waals surface area contributed by atoms with E-state index in [9.17, 15) is 28.7 Å². The Hall–Kier alpha value is -3.23. The Morgan fingerprint density at radius 2 is 1.56 bits per heavy atom. The van der Waals surface area contributed by atoms with E-state index in [-0.39, 0.29) is 36.1 Å². The Bertz CT molecular complexity index is 1500. The van der Waals surface area contributed by atoms with E-state index in [4.69, 9.17) is 23.2 Å². The van der Waals surface area contributed by atoms with E-state index >= 15 is 0 Å². The first-order valence-electron chi connectivity index (χ1n) is 12.7. The number of aromatic hydroxyl groups is 1. The summed E-state index contributed by atoms with van der Waals surface area (Å²) < 4.78 is 13.7. The summed E-state index contributed by atoms with van der Waals surface area (Å²) in [5.41, 5.74) is 2.44. The van der Waals surface area contributed by atoms with Crippen LogP contribution < -0.4 is 4.90 Å². The summed E-state index contributed by atoms with van der Waals surface area (Å²) in [5.74, 6) is -5.52. The molecule has 2 aromatic carbocycles. The standard InChI is InChI=1S/C29H25Cl2FN2O5/c1-13-10-15(11-14(2)23(13)35)22-18-8-9-19-21(25(37)33(3)24(19)36)20(18)12-28(30)26(38)34(27(39)29(22,28)31)17-6-4-16(32)5-7-17/h4-8,10-11,19-22,35H,9,12H2,1-3H3/t19-,20+,21-,22-,28+,29-/m0/s1. The molecule has 2 aliphatic heterocycles. The number of allylic oxidation sites excluding steroid dienone is 2. The van der Waals surface area contributed by atoms with Gasteiger partial charge in [-0.3, -0.25) is 24.1 Å². The number of aryl methyl sites for hydroxylation is 2. The lowest BCUT2D eigenvalue weighted by Gasteiger charge is -2.50. The van der Waals surface area contributed by atoms with Crippen LogP contribution in [0.5, 0.6) is 5.75 Å². The third kappa shape index (κ3) is 3.21. The van der Waals surface area contributed by atoms with Gasteiger partial charge >= 0.3 is 0 Å². The number of amides is 4. The average molecular weight is 571 g/mol. The van der Waals surface area contributed by atoms with E-state index in [2.05, 4.69) is 0 Å². The van der Waals surface area contributed by atoms with Gasteiger partial charge in [-0.05, 0) is 73.6 Å². The van der Waals surface area contributed by atoms with E-state index in [0.29, 0.717) is 22.3 Å². The number of fused-ring (bicyclic) bond motifs is 4. The summed E-state index contributed by atoms with van der Waals surface area (Å²) in [7, 11) is 1.44. The van der Waals surface area contributed by atoms with Crippen molar-refractivity contribution >= 4 is 52.5 Å². The molecule has 0 aromatic heterocycles. The number of nitrogens with zero attached hydrogens (tertiary/aromatic N) is 2. The number of phenols is 1. The van der Waals surface area contributed by atoms with Crippen LogP contribution in [-0.2, 0) is 19.2 Å². The second-order valence-corrected chi connectivity index (χ2v) is 12.2. The predicted molar refractivity (Wildman–Crippen MR) is 142 cm³/mol. The number of rotatable bonds is 2. The third-order valence-corrected chi connectivity index (χ3v) is 10.4. The van der Waals surface area contributed by atoms with E-state index in [0.717, 1.165) is 21.9 Å². The number of imide groups is 2. The fourth-order valence-corrected chi connectivity index (χ4v) is 8.02. The molecule has 4 amide bonds. The summed E-state index contributed by atoms with van der Waals surface area (Å²) in [6, 6.07) is 8.29. The second-order valence-electron chi connectivity index (χ2n) is 11.0. The molecule has 7 nitrogen and oxygen atoms in total.